The number of ether oxygens (including phenoxy) is 1. The maximum atomic E-state index is 13.7. The quantitative estimate of drug-likeness (QED) is 0.0606. The number of fused-ring (bicyclic) bond motifs is 1. The van der Waals surface area contributed by atoms with Gasteiger partial charge in [-0.05, 0) is 61.4 Å². The van der Waals surface area contributed by atoms with Crippen LogP contribution in [-0.4, -0.2) is 60.6 Å². The van der Waals surface area contributed by atoms with Crippen molar-refractivity contribution in [2.24, 2.45) is 11.8 Å². The van der Waals surface area contributed by atoms with Crippen LogP contribution in [0.3, 0.4) is 0 Å². The largest absolute Gasteiger partial charge is 0.423 e. The first kappa shape index (κ1) is 30.2. The average Bonchev–Trinajstić information content (AvgIpc) is 3.24. The Kier molecular flexibility index (Phi) is 8.83. The fourth-order valence-corrected chi connectivity index (χ4v) is 6.34. The van der Waals surface area contributed by atoms with E-state index >= 15 is 0 Å². The standard InChI is InChI=1S/C30H23Br2N3O8/c31-24-14-22-23(15-25(24)32)29(39)34(28(22)38)33(27(37)18-6-10-20(11-7-18)35(41)42)16-26(36)17-8-12-21(13-9-17)43-30(40)19-4-2-1-3-5-19/h1-13,22-25H,14-16H2/t22-,23-,24-,25+/m1/s1. The molecule has 43 heavy (non-hydrogen) atoms. The van der Waals surface area contributed by atoms with Gasteiger partial charge in [-0.25, -0.2) is 9.80 Å². The number of carbonyl (C=O) groups is 5. The monoisotopic (exact) mass is 711 g/mol. The number of hydrogen-bond acceptors (Lipinski definition) is 8. The van der Waals surface area contributed by atoms with Gasteiger partial charge in [-0.3, -0.25) is 29.3 Å². The second-order valence-electron chi connectivity index (χ2n) is 10.1. The van der Waals surface area contributed by atoms with E-state index in [9.17, 15) is 34.1 Å². The van der Waals surface area contributed by atoms with Crippen molar-refractivity contribution in [1.82, 2.24) is 10.0 Å². The van der Waals surface area contributed by atoms with E-state index in [4.69, 9.17) is 4.74 Å². The lowest BCUT2D eigenvalue weighted by Gasteiger charge is -2.30. The van der Waals surface area contributed by atoms with Crippen LogP contribution in [0.4, 0.5) is 5.69 Å². The van der Waals surface area contributed by atoms with E-state index in [1.165, 1.54) is 36.4 Å². The Labute approximate surface area is 262 Å². The third-order valence-corrected chi connectivity index (χ3v) is 10.1. The second kappa shape index (κ2) is 12.6. The molecule has 3 amide bonds. The Morgan fingerprint density at radius 1 is 0.814 bits per heavy atom. The molecule has 1 aliphatic carbocycles. The van der Waals surface area contributed by atoms with Gasteiger partial charge in [-0.15, -0.1) is 0 Å². The van der Waals surface area contributed by atoms with Crippen LogP contribution in [0.5, 0.6) is 5.75 Å². The van der Waals surface area contributed by atoms with Gasteiger partial charge < -0.3 is 4.74 Å². The van der Waals surface area contributed by atoms with Crippen molar-refractivity contribution in [3.8, 4) is 5.75 Å². The topological polar surface area (TPSA) is 144 Å². The molecule has 13 heteroatoms. The zero-order valence-electron chi connectivity index (χ0n) is 22.3. The second-order valence-corrected chi connectivity index (χ2v) is 12.4. The Morgan fingerprint density at radius 2 is 1.35 bits per heavy atom. The summed E-state index contributed by atoms with van der Waals surface area (Å²) in [7, 11) is 0. The summed E-state index contributed by atoms with van der Waals surface area (Å²) in [4.78, 5) is 76.9. The number of rotatable bonds is 8. The maximum Gasteiger partial charge on any atom is 0.343 e. The minimum absolute atomic E-state index is 0.0474. The van der Waals surface area contributed by atoms with Gasteiger partial charge in [-0.2, -0.15) is 5.01 Å². The molecule has 11 nitrogen and oxygen atoms in total. The highest BCUT2D eigenvalue weighted by Crippen LogP contribution is 2.43. The van der Waals surface area contributed by atoms with E-state index in [2.05, 4.69) is 31.9 Å². The number of hydrazine groups is 1. The molecule has 1 aliphatic heterocycles. The van der Waals surface area contributed by atoms with Gasteiger partial charge in [0.25, 0.3) is 23.4 Å². The van der Waals surface area contributed by atoms with E-state index in [0.717, 1.165) is 22.2 Å². The molecule has 1 saturated carbocycles. The fourth-order valence-electron chi connectivity index (χ4n) is 5.10. The van der Waals surface area contributed by atoms with Crippen molar-refractivity contribution in [1.29, 1.82) is 0 Å². The van der Waals surface area contributed by atoms with Crippen molar-refractivity contribution >= 4 is 67.0 Å². The smallest absolute Gasteiger partial charge is 0.343 e. The van der Waals surface area contributed by atoms with Crippen molar-refractivity contribution in [2.75, 3.05) is 6.54 Å². The summed E-state index contributed by atoms with van der Waals surface area (Å²) in [5, 5.41) is 12.7. The number of esters is 1. The van der Waals surface area contributed by atoms with Crippen molar-refractivity contribution in [3.05, 3.63) is 106 Å². The first-order chi connectivity index (χ1) is 20.5. The summed E-state index contributed by atoms with van der Waals surface area (Å²) in [6.07, 6.45) is 0.719. The molecule has 0 aromatic heterocycles. The predicted octanol–water partition coefficient (Wildman–Crippen LogP) is 4.98. The molecule has 2 aliphatic rings. The van der Waals surface area contributed by atoms with Gasteiger partial charge in [0, 0.05) is 32.9 Å². The summed E-state index contributed by atoms with van der Waals surface area (Å²) < 4.78 is 5.35. The summed E-state index contributed by atoms with van der Waals surface area (Å²) >= 11 is 7.07. The molecule has 220 valence electrons. The first-order valence-electron chi connectivity index (χ1n) is 13.2. The molecule has 1 heterocycles. The van der Waals surface area contributed by atoms with Crippen LogP contribution in [0.2, 0.25) is 0 Å². The lowest BCUT2D eigenvalue weighted by atomic mass is 9.81. The minimum atomic E-state index is -0.845. The molecule has 0 N–H and O–H groups in total. The van der Waals surface area contributed by atoms with Crippen molar-refractivity contribution in [2.45, 2.75) is 22.5 Å². The third-order valence-electron chi connectivity index (χ3n) is 7.38. The van der Waals surface area contributed by atoms with Crippen LogP contribution in [0.1, 0.15) is 43.9 Å². The molecule has 4 atom stereocenters. The highest BCUT2D eigenvalue weighted by Gasteiger charge is 2.54. The Morgan fingerprint density at radius 3 is 1.88 bits per heavy atom. The number of benzene rings is 3. The Bertz CT molecular complexity index is 1570. The molecule has 3 aromatic carbocycles. The van der Waals surface area contributed by atoms with E-state index in [0.29, 0.717) is 18.4 Å². The molecule has 0 bridgehead atoms. The van der Waals surface area contributed by atoms with Crippen LogP contribution in [0.25, 0.3) is 0 Å². The average molecular weight is 713 g/mol. The number of imide groups is 1. The summed E-state index contributed by atoms with van der Waals surface area (Å²) in [6.45, 7) is -0.661. The number of nitro benzene ring substituents is 1. The Hall–Kier alpha value is -4.23. The fraction of sp³-hybridized carbons (Fsp3) is 0.233. The first-order valence-corrected chi connectivity index (χ1v) is 15.0. The van der Waals surface area contributed by atoms with Gasteiger partial charge >= 0.3 is 5.97 Å². The molecule has 1 saturated heterocycles. The highest BCUT2D eigenvalue weighted by atomic mass is 79.9. The molecule has 0 unspecified atom stereocenters. The number of non-ortho nitro benzene ring substituents is 1. The number of alkyl halides is 2. The number of carbonyl (C=O) groups excluding carboxylic acids is 5. The number of halogens is 2. The summed E-state index contributed by atoms with van der Waals surface area (Å²) in [6, 6.07) is 18.7. The summed E-state index contributed by atoms with van der Waals surface area (Å²) in [5.41, 5.74) is 0.187. The molecular formula is C30H23Br2N3O8. The molecular weight excluding hydrogens is 690 g/mol. The van der Waals surface area contributed by atoms with E-state index in [1.807, 2.05) is 0 Å². The van der Waals surface area contributed by atoms with Crippen LogP contribution in [0, 0.1) is 22.0 Å². The van der Waals surface area contributed by atoms with Crippen LogP contribution in [0.15, 0.2) is 78.9 Å². The zero-order chi connectivity index (χ0) is 30.8. The number of amides is 3. The van der Waals surface area contributed by atoms with E-state index in [1.54, 1.807) is 30.3 Å². The lowest BCUT2D eigenvalue weighted by Crippen LogP contribution is -2.52. The summed E-state index contributed by atoms with van der Waals surface area (Å²) in [5.74, 6) is -4.37. The van der Waals surface area contributed by atoms with Crippen molar-refractivity contribution < 1.29 is 33.6 Å². The van der Waals surface area contributed by atoms with Gasteiger partial charge in [0.15, 0.2) is 5.78 Å². The molecule has 5 rings (SSSR count). The number of hydrogen-bond donors (Lipinski definition) is 0. The number of nitro groups is 1. The van der Waals surface area contributed by atoms with Gasteiger partial charge in [0.05, 0.1) is 22.3 Å². The zero-order valence-corrected chi connectivity index (χ0v) is 25.5. The van der Waals surface area contributed by atoms with Gasteiger partial charge in [0.2, 0.25) is 0 Å². The highest BCUT2D eigenvalue weighted by molar-refractivity contribution is 9.12. The maximum absolute atomic E-state index is 13.7. The molecule has 0 spiro atoms. The van der Waals surface area contributed by atoms with Crippen molar-refractivity contribution in [3.63, 3.8) is 0 Å². The third kappa shape index (κ3) is 6.27. The van der Waals surface area contributed by atoms with E-state index in [-0.39, 0.29) is 32.2 Å². The minimum Gasteiger partial charge on any atom is -0.423 e. The normalized spacial score (nSPS) is 21.2. The molecule has 0 radical (unpaired) electrons. The van der Waals surface area contributed by atoms with Crippen LogP contribution < -0.4 is 4.74 Å². The SMILES string of the molecule is O=C(CN(C(=O)c1ccc([N+](=O)[O-])cc1)N1C(=O)[C@@H]2C[C@@H](Br)[C@@H](Br)C[C@H]2C1=O)c1ccc(OC(=O)c2ccccc2)cc1. The molecule has 2 fully saturated rings. The van der Waals surface area contributed by atoms with Gasteiger partial charge in [-0.1, -0.05) is 50.1 Å². The van der Waals surface area contributed by atoms with Gasteiger partial charge in [0.1, 0.15) is 12.3 Å². The van der Waals surface area contributed by atoms with Crippen LogP contribution >= 0.6 is 31.9 Å². The number of nitrogens with zero attached hydrogens (tertiary/aromatic N) is 3. The predicted molar refractivity (Wildman–Crippen MR) is 160 cm³/mol. The van der Waals surface area contributed by atoms with E-state index < -0.39 is 52.8 Å². The lowest BCUT2D eigenvalue weighted by molar-refractivity contribution is -0.384. The Balaban J connectivity index is 1.40. The van der Waals surface area contributed by atoms with Crippen LogP contribution in [-0.2, 0) is 9.59 Å². The number of Topliss-reactive ketones (excluding diaryl/α,β-unsaturated/α-hetero) is 1. The molecule has 3 aromatic rings. The number of ketones is 1.